The highest BCUT2D eigenvalue weighted by molar-refractivity contribution is 5.97. The van der Waals surface area contributed by atoms with Gasteiger partial charge in [0.05, 0.1) is 31.6 Å². The molecular formula is C28H35Cl2N5O4. The van der Waals surface area contributed by atoms with E-state index in [4.69, 9.17) is 10.5 Å². The molecule has 9 nitrogen and oxygen atoms in total. The van der Waals surface area contributed by atoms with Gasteiger partial charge in [-0.2, -0.15) is 0 Å². The highest BCUT2D eigenvalue weighted by Gasteiger charge is 2.37. The standard InChI is InChI=1S/C28H33N5O4.2ClH/c1-17(2)25(32-28(36)37-3)27(35)33-14-4-5-23(33)26-30-16-22(31-26)20-10-6-18(7-11-20)19-8-12-21(13-9-19)24(34)15-29;;/h6-13,16-17,23,25H,4-5,14-15,29H2,1-3H3,(H,30,31)(H,32,36);2*1H/t23-,25-;;/m0../s1. The summed E-state index contributed by atoms with van der Waals surface area (Å²) in [7, 11) is 1.29. The number of hydrogen-bond acceptors (Lipinski definition) is 6. The van der Waals surface area contributed by atoms with Gasteiger partial charge in [0.25, 0.3) is 0 Å². The van der Waals surface area contributed by atoms with Gasteiger partial charge in [0.15, 0.2) is 5.78 Å². The van der Waals surface area contributed by atoms with E-state index in [0.29, 0.717) is 12.1 Å². The zero-order valence-electron chi connectivity index (χ0n) is 22.2. The first-order valence-corrected chi connectivity index (χ1v) is 12.5. The van der Waals surface area contributed by atoms with Crippen LogP contribution in [-0.2, 0) is 9.53 Å². The quantitative estimate of drug-likeness (QED) is 0.331. The fourth-order valence-electron chi connectivity index (χ4n) is 4.65. The molecule has 1 saturated heterocycles. The lowest BCUT2D eigenvalue weighted by Gasteiger charge is -2.30. The van der Waals surface area contributed by atoms with E-state index in [2.05, 4.69) is 15.3 Å². The molecule has 1 aromatic heterocycles. The number of ketones is 1. The number of hydrogen-bond donors (Lipinski definition) is 3. The molecule has 0 spiro atoms. The van der Waals surface area contributed by atoms with Crippen LogP contribution < -0.4 is 11.1 Å². The zero-order valence-corrected chi connectivity index (χ0v) is 23.8. The van der Waals surface area contributed by atoms with Crippen molar-refractivity contribution in [3.8, 4) is 22.4 Å². The zero-order chi connectivity index (χ0) is 26.5. The topological polar surface area (TPSA) is 130 Å². The third-order valence-electron chi connectivity index (χ3n) is 6.76. The lowest BCUT2D eigenvalue weighted by molar-refractivity contribution is -0.135. The van der Waals surface area contributed by atoms with E-state index in [-0.39, 0.29) is 55.0 Å². The van der Waals surface area contributed by atoms with Crippen molar-refractivity contribution in [2.75, 3.05) is 20.2 Å². The molecule has 0 saturated carbocycles. The fraction of sp³-hybridized carbons (Fsp3) is 0.357. The summed E-state index contributed by atoms with van der Waals surface area (Å²) in [6, 6.07) is 14.6. The molecule has 0 bridgehead atoms. The largest absolute Gasteiger partial charge is 0.453 e. The van der Waals surface area contributed by atoms with Crippen LogP contribution in [0.2, 0.25) is 0 Å². The number of halogens is 2. The van der Waals surface area contributed by atoms with Gasteiger partial charge in [0, 0.05) is 12.1 Å². The summed E-state index contributed by atoms with van der Waals surface area (Å²) in [5.74, 6) is 0.421. The van der Waals surface area contributed by atoms with Crippen LogP contribution in [0, 0.1) is 5.92 Å². The Bertz CT molecular complexity index is 1260. The molecule has 0 aliphatic carbocycles. The predicted octanol–water partition coefficient (Wildman–Crippen LogP) is 4.77. The van der Waals surface area contributed by atoms with Gasteiger partial charge in [-0.25, -0.2) is 9.78 Å². The number of Topliss-reactive ketones (excluding diaryl/α,β-unsaturated/α-hetero) is 1. The number of rotatable bonds is 8. The normalized spacial score (nSPS) is 15.2. The molecule has 0 unspecified atom stereocenters. The molecule has 4 rings (SSSR count). The Kier molecular flexibility index (Phi) is 11.5. The van der Waals surface area contributed by atoms with E-state index in [1.807, 2.05) is 50.2 Å². The summed E-state index contributed by atoms with van der Waals surface area (Å²) < 4.78 is 4.71. The second kappa shape index (κ2) is 14.1. The highest BCUT2D eigenvalue weighted by Crippen LogP contribution is 2.33. The molecule has 2 atom stereocenters. The second-order valence-corrected chi connectivity index (χ2v) is 9.51. The number of H-pyrrole nitrogens is 1. The monoisotopic (exact) mass is 575 g/mol. The average molecular weight is 577 g/mol. The maximum absolute atomic E-state index is 13.3. The van der Waals surface area contributed by atoms with E-state index in [1.54, 1.807) is 23.2 Å². The number of nitrogens with zero attached hydrogens (tertiary/aromatic N) is 2. The van der Waals surface area contributed by atoms with Crippen molar-refractivity contribution in [2.24, 2.45) is 11.7 Å². The minimum Gasteiger partial charge on any atom is -0.453 e. The van der Waals surface area contributed by atoms with Gasteiger partial charge in [-0.15, -0.1) is 24.8 Å². The van der Waals surface area contributed by atoms with Crippen LogP contribution in [0.5, 0.6) is 0 Å². The lowest BCUT2D eigenvalue weighted by Crippen LogP contribution is -2.51. The summed E-state index contributed by atoms with van der Waals surface area (Å²) in [5, 5.41) is 2.67. The third-order valence-corrected chi connectivity index (χ3v) is 6.76. The van der Waals surface area contributed by atoms with E-state index in [0.717, 1.165) is 41.1 Å². The summed E-state index contributed by atoms with van der Waals surface area (Å²) in [6.45, 7) is 4.39. The smallest absolute Gasteiger partial charge is 0.407 e. The highest BCUT2D eigenvalue weighted by atomic mass is 35.5. The van der Waals surface area contributed by atoms with Crippen LogP contribution in [0.4, 0.5) is 4.79 Å². The molecule has 11 heteroatoms. The average Bonchev–Trinajstić information content (AvgIpc) is 3.61. The van der Waals surface area contributed by atoms with Crippen molar-refractivity contribution in [2.45, 2.75) is 38.8 Å². The molecule has 1 aliphatic rings. The number of aromatic nitrogens is 2. The first-order valence-electron chi connectivity index (χ1n) is 12.5. The number of alkyl carbamates (subject to hydrolysis) is 1. The molecule has 2 amide bonds. The Morgan fingerprint density at radius 1 is 1.05 bits per heavy atom. The molecule has 2 aromatic carbocycles. The molecule has 0 radical (unpaired) electrons. The number of likely N-dealkylation sites (tertiary alicyclic amines) is 1. The van der Waals surface area contributed by atoms with Crippen molar-refractivity contribution in [3.05, 3.63) is 66.1 Å². The molecular weight excluding hydrogens is 541 g/mol. The van der Waals surface area contributed by atoms with E-state index >= 15 is 0 Å². The molecule has 210 valence electrons. The van der Waals surface area contributed by atoms with Gasteiger partial charge >= 0.3 is 6.09 Å². The third kappa shape index (κ3) is 7.17. The minimum atomic E-state index is -0.669. The Morgan fingerprint density at radius 3 is 2.21 bits per heavy atom. The van der Waals surface area contributed by atoms with E-state index in [9.17, 15) is 14.4 Å². The summed E-state index contributed by atoms with van der Waals surface area (Å²) in [6.07, 6.45) is 2.82. The number of carbonyl (C=O) groups excluding carboxylic acids is 3. The summed E-state index contributed by atoms with van der Waals surface area (Å²) in [4.78, 5) is 46.7. The Labute approximate surface area is 240 Å². The molecule has 2 heterocycles. The number of methoxy groups -OCH3 is 1. The number of benzene rings is 2. The van der Waals surface area contributed by atoms with Gasteiger partial charge < -0.3 is 25.7 Å². The Balaban J connectivity index is 0.00000267. The van der Waals surface area contributed by atoms with Crippen LogP contribution >= 0.6 is 24.8 Å². The first-order chi connectivity index (χ1) is 17.8. The van der Waals surface area contributed by atoms with Crippen molar-refractivity contribution >= 4 is 42.6 Å². The number of imidazole rings is 1. The van der Waals surface area contributed by atoms with Crippen molar-refractivity contribution < 1.29 is 19.1 Å². The number of aromatic amines is 1. The van der Waals surface area contributed by atoms with Crippen LogP contribution in [-0.4, -0.2) is 58.9 Å². The number of nitrogens with two attached hydrogens (primary N) is 1. The summed E-state index contributed by atoms with van der Waals surface area (Å²) in [5.41, 5.74) is 9.91. The van der Waals surface area contributed by atoms with Crippen molar-refractivity contribution in [1.29, 1.82) is 0 Å². The van der Waals surface area contributed by atoms with Crippen molar-refractivity contribution in [3.63, 3.8) is 0 Å². The maximum Gasteiger partial charge on any atom is 0.407 e. The maximum atomic E-state index is 13.3. The van der Waals surface area contributed by atoms with Crippen molar-refractivity contribution in [1.82, 2.24) is 20.2 Å². The van der Waals surface area contributed by atoms with Gasteiger partial charge in [0.1, 0.15) is 11.9 Å². The van der Waals surface area contributed by atoms with Gasteiger partial charge in [0.2, 0.25) is 5.91 Å². The molecule has 39 heavy (non-hydrogen) atoms. The fourth-order valence-corrected chi connectivity index (χ4v) is 4.65. The van der Waals surface area contributed by atoms with Crippen LogP contribution in [0.25, 0.3) is 22.4 Å². The van der Waals surface area contributed by atoms with Crippen LogP contribution in [0.15, 0.2) is 54.7 Å². The molecule has 3 aromatic rings. The minimum absolute atomic E-state index is 0. The second-order valence-electron chi connectivity index (χ2n) is 9.51. The summed E-state index contributed by atoms with van der Waals surface area (Å²) >= 11 is 0. The van der Waals surface area contributed by atoms with E-state index in [1.165, 1.54) is 7.11 Å². The van der Waals surface area contributed by atoms with Gasteiger partial charge in [-0.05, 0) is 35.4 Å². The molecule has 4 N–H and O–H groups in total. The number of nitrogens with one attached hydrogen (secondary N) is 2. The number of ether oxygens (including phenoxy) is 1. The predicted molar refractivity (Wildman–Crippen MR) is 155 cm³/mol. The Morgan fingerprint density at radius 2 is 1.64 bits per heavy atom. The first kappa shape index (κ1) is 31.8. The van der Waals surface area contributed by atoms with E-state index < -0.39 is 12.1 Å². The van der Waals surface area contributed by atoms with Gasteiger partial charge in [-0.3, -0.25) is 9.59 Å². The van der Waals surface area contributed by atoms with Gasteiger partial charge in [-0.1, -0.05) is 62.4 Å². The molecule has 1 aliphatic heterocycles. The SMILES string of the molecule is COC(=O)N[C@H](C(=O)N1CCC[C@H]1c1ncc(-c2ccc(-c3ccc(C(=O)CN)cc3)cc2)[nH]1)C(C)C.Cl.Cl. The Hall–Kier alpha value is -3.40. The van der Waals surface area contributed by atoms with Crippen LogP contribution in [0.3, 0.4) is 0 Å². The molecule has 1 fully saturated rings. The lowest BCUT2D eigenvalue weighted by atomic mass is 10.0. The van der Waals surface area contributed by atoms with Crippen LogP contribution in [0.1, 0.15) is 48.9 Å². The number of carbonyl (C=O) groups is 3. The number of amides is 2.